The second-order valence-electron chi connectivity index (χ2n) is 7.70. The van der Waals surface area contributed by atoms with Gasteiger partial charge in [0.05, 0.1) is 0 Å². The minimum absolute atomic E-state index is 0.0136. The van der Waals surface area contributed by atoms with Crippen molar-refractivity contribution < 1.29 is 4.79 Å². The summed E-state index contributed by atoms with van der Waals surface area (Å²) in [6, 6.07) is 14.8. The van der Waals surface area contributed by atoms with E-state index in [1.807, 2.05) is 24.5 Å². The number of piperazine rings is 1. The number of rotatable bonds is 3. The van der Waals surface area contributed by atoms with Gasteiger partial charge in [0.2, 0.25) is 0 Å². The normalized spacial score (nSPS) is 15.9. The number of aromatic nitrogens is 1. The zero-order valence-corrected chi connectivity index (χ0v) is 16.5. The molecule has 0 unspecified atom stereocenters. The average molecular weight is 384 g/mol. The number of hydrogen-bond acceptors (Lipinski definition) is 4. The highest BCUT2D eigenvalue weighted by atomic mass is 16.1. The van der Waals surface area contributed by atoms with Crippen molar-refractivity contribution in [1.29, 1.82) is 0 Å². The number of carbonyl (C=O) groups excluding carboxylic acids is 1. The van der Waals surface area contributed by atoms with E-state index in [-0.39, 0.29) is 5.91 Å². The molecular weight excluding hydrogens is 360 g/mol. The molecule has 2 aromatic carbocycles. The number of nitrogens with one attached hydrogen (secondary N) is 2. The summed E-state index contributed by atoms with van der Waals surface area (Å²) >= 11 is 0. The summed E-state index contributed by atoms with van der Waals surface area (Å²) in [4.78, 5) is 18.8. The van der Waals surface area contributed by atoms with E-state index >= 15 is 0 Å². The number of hydrogen-bond donors (Lipinski definition) is 2. The summed E-state index contributed by atoms with van der Waals surface area (Å²) < 4.78 is 0. The van der Waals surface area contributed by atoms with Crippen LogP contribution in [0.2, 0.25) is 0 Å². The van der Waals surface area contributed by atoms with Crippen LogP contribution >= 0.6 is 0 Å². The van der Waals surface area contributed by atoms with Gasteiger partial charge in [0.1, 0.15) is 0 Å². The van der Waals surface area contributed by atoms with Gasteiger partial charge >= 0.3 is 0 Å². The zero-order valence-electron chi connectivity index (χ0n) is 16.5. The van der Waals surface area contributed by atoms with Gasteiger partial charge in [-0.25, -0.2) is 0 Å². The van der Waals surface area contributed by atoms with E-state index < -0.39 is 0 Å². The first-order valence-electron chi connectivity index (χ1n) is 10.1. The summed E-state index contributed by atoms with van der Waals surface area (Å²) in [6.45, 7) is 6.91. The van der Waals surface area contributed by atoms with Gasteiger partial charge in [0, 0.05) is 67.5 Å². The molecule has 2 N–H and O–H groups in total. The van der Waals surface area contributed by atoms with Crippen LogP contribution in [0, 0.1) is 6.92 Å². The third-order valence-electron chi connectivity index (χ3n) is 5.98. The maximum absolute atomic E-state index is 11.8. The summed E-state index contributed by atoms with van der Waals surface area (Å²) in [5.41, 5.74) is 8.83. The number of benzene rings is 2. The van der Waals surface area contributed by atoms with Gasteiger partial charge in [-0.15, -0.1) is 0 Å². The quantitative estimate of drug-likeness (QED) is 0.727. The Morgan fingerprint density at radius 1 is 0.897 bits per heavy atom. The molecule has 0 saturated carbocycles. The van der Waals surface area contributed by atoms with Crippen molar-refractivity contribution in [3.8, 4) is 22.3 Å². The van der Waals surface area contributed by atoms with Crippen molar-refractivity contribution in [2.24, 2.45) is 0 Å². The van der Waals surface area contributed by atoms with Crippen molar-refractivity contribution >= 4 is 11.6 Å². The Balaban J connectivity index is 1.47. The Bertz CT molecular complexity index is 1070. The molecule has 3 heterocycles. The molecule has 5 heteroatoms. The molecule has 5 nitrogen and oxygen atoms in total. The Kier molecular flexibility index (Phi) is 4.52. The summed E-state index contributed by atoms with van der Waals surface area (Å²) in [5.74, 6) is 0.0136. The third kappa shape index (κ3) is 3.28. The lowest BCUT2D eigenvalue weighted by Gasteiger charge is -2.29. The largest absolute Gasteiger partial charge is 0.369 e. The number of nitrogens with zero attached hydrogens (tertiary/aromatic N) is 2. The topological polar surface area (TPSA) is 57.3 Å². The Hall–Kier alpha value is -3.18. The van der Waals surface area contributed by atoms with Gasteiger partial charge in [0.25, 0.3) is 5.91 Å². The Morgan fingerprint density at radius 3 is 2.34 bits per heavy atom. The minimum Gasteiger partial charge on any atom is -0.369 e. The van der Waals surface area contributed by atoms with Gasteiger partial charge in [-0.3, -0.25) is 9.78 Å². The molecule has 0 radical (unpaired) electrons. The molecule has 0 aliphatic carbocycles. The molecule has 2 aliphatic heterocycles. The highest BCUT2D eigenvalue weighted by molar-refractivity contribution is 5.99. The van der Waals surface area contributed by atoms with Crippen molar-refractivity contribution in [2.45, 2.75) is 13.5 Å². The van der Waals surface area contributed by atoms with Gasteiger partial charge in [-0.05, 0) is 53.4 Å². The van der Waals surface area contributed by atoms with Crippen LogP contribution in [-0.2, 0) is 6.54 Å². The van der Waals surface area contributed by atoms with Gasteiger partial charge in [0.15, 0.2) is 0 Å². The molecule has 0 spiro atoms. The van der Waals surface area contributed by atoms with Crippen LogP contribution in [0.25, 0.3) is 22.3 Å². The van der Waals surface area contributed by atoms with E-state index in [0.717, 1.165) is 54.0 Å². The molecule has 2 aliphatic rings. The Labute approximate surface area is 170 Å². The first-order chi connectivity index (χ1) is 14.2. The molecule has 1 aromatic heterocycles. The lowest BCUT2D eigenvalue weighted by atomic mass is 9.93. The van der Waals surface area contributed by atoms with E-state index in [4.69, 9.17) is 0 Å². The van der Waals surface area contributed by atoms with Crippen molar-refractivity contribution in [1.82, 2.24) is 15.6 Å². The predicted octanol–water partition coefficient (Wildman–Crippen LogP) is 3.38. The smallest absolute Gasteiger partial charge is 0.251 e. The molecule has 29 heavy (non-hydrogen) atoms. The van der Waals surface area contributed by atoms with Crippen LogP contribution in [0.1, 0.15) is 21.5 Å². The standard InChI is InChI=1S/C24H24N4O/c1-16-22(17-2-5-20(6-3-17)28-10-8-25-9-11-28)14-26-15-23(16)18-4-7-21-19(12-18)13-27-24(21)29/h2-7,12,14-15,25H,8-11,13H2,1H3,(H,27,29). The number of pyridine rings is 1. The van der Waals surface area contributed by atoms with Crippen LogP contribution in [-0.4, -0.2) is 37.1 Å². The van der Waals surface area contributed by atoms with Crippen molar-refractivity contribution in [3.63, 3.8) is 0 Å². The van der Waals surface area contributed by atoms with Crippen molar-refractivity contribution in [2.75, 3.05) is 31.1 Å². The van der Waals surface area contributed by atoms with Gasteiger partial charge in [-0.2, -0.15) is 0 Å². The first kappa shape index (κ1) is 17.9. The van der Waals surface area contributed by atoms with E-state index in [1.54, 1.807) is 0 Å². The van der Waals surface area contributed by atoms with Crippen molar-refractivity contribution in [3.05, 3.63) is 71.5 Å². The van der Waals surface area contributed by atoms with E-state index in [2.05, 4.69) is 57.8 Å². The molecule has 0 bridgehead atoms. The monoisotopic (exact) mass is 384 g/mol. The predicted molar refractivity (Wildman–Crippen MR) is 116 cm³/mol. The highest BCUT2D eigenvalue weighted by Gasteiger charge is 2.19. The maximum atomic E-state index is 11.8. The molecule has 5 rings (SSSR count). The van der Waals surface area contributed by atoms with E-state index in [0.29, 0.717) is 6.54 Å². The third-order valence-corrected chi connectivity index (χ3v) is 5.98. The fourth-order valence-corrected chi connectivity index (χ4v) is 4.28. The summed E-state index contributed by atoms with van der Waals surface area (Å²) in [7, 11) is 0. The molecule has 1 fully saturated rings. The molecule has 3 aromatic rings. The van der Waals surface area contributed by atoms with Gasteiger partial charge in [-0.1, -0.05) is 18.2 Å². The second kappa shape index (κ2) is 7.33. The van der Waals surface area contributed by atoms with E-state index in [9.17, 15) is 4.79 Å². The second-order valence-corrected chi connectivity index (χ2v) is 7.70. The van der Waals surface area contributed by atoms with E-state index in [1.165, 1.54) is 16.8 Å². The summed E-state index contributed by atoms with van der Waals surface area (Å²) in [6.07, 6.45) is 3.86. The van der Waals surface area contributed by atoms with Crippen LogP contribution in [0.3, 0.4) is 0 Å². The fraction of sp³-hybridized carbons (Fsp3) is 0.250. The lowest BCUT2D eigenvalue weighted by molar-refractivity contribution is 0.0966. The maximum Gasteiger partial charge on any atom is 0.251 e. The zero-order chi connectivity index (χ0) is 19.8. The Morgan fingerprint density at radius 2 is 1.59 bits per heavy atom. The lowest BCUT2D eigenvalue weighted by Crippen LogP contribution is -2.43. The minimum atomic E-state index is 0.0136. The van der Waals surface area contributed by atoms with Crippen LogP contribution in [0.4, 0.5) is 5.69 Å². The highest BCUT2D eigenvalue weighted by Crippen LogP contribution is 2.33. The molecule has 1 amide bonds. The number of anilines is 1. The average Bonchev–Trinajstić information content (AvgIpc) is 3.15. The number of carbonyl (C=O) groups is 1. The SMILES string of the molecule is Cc1c(-c2ccc(N3CCNCC3)cc2)cncc1-c1ccc2c(c1)CNC2=O. The molecule has 0 atom stereocenters. The number of fused-ring (bicyclic) bond motifs is 1. The molecule has 1 saturated heterocycles. The van der Waals surface area contributed by atoms with Crippen LogP contribution < -0.4 is 15.5 Å². The first-order valence-corrected chi connectivity index (χ1v) is 10.1. The molecular formula is C24H24N4O. The fourth-order valence-electron chi connectivity index (χ4n) is 4.28. The van der Waals surface area contributed by atoms with Gasteiger partial charge < -0.3 is 15.5 Å². The molecule has 146 valence electrons. The number of amides is 1. The van der Waals surface area contributed by atoms with Crippen LogP contribution in [0.15, 0.2) is 54.9 Å². The summed E-state index contributed by atoms with van der Waals surface area (Å²) in [5, 5.41) is 6.28. The van der Waals surface area contributed by atoms with Crippen LogP contribution in [0.5, 0.6) is 0 Å².